The van der Waals surface area contributed by atoms with Gasteiger partial charge >= 0.3 is 0 Å². The lowest BCUT2D eigenvalue weighted by molar-refractivity contribution is 0.305. The molecule has 1 aromatic rings. The maximum atomic E-state index is 10.3. The van der Waals surface area contributed by atoms with Crippen LogP contribution in [0.4, 0.5) is 0 Å². The summed E-state index contributed by atoms with van der Waals surface area (Å²) >= 11 is 0. The summed E-state index contributed by atoms with van der Waals surface area (Å²) in [5, 5.41) is 10.3. The van der Waals surface area contributed by atoms with Gasteiger partial charge in [0, 0.05) is 0 Å². The van der Waals surface area contributed by atoms with Crippen molar-refractivity contribution in [3.8, 4) is 5.75 Å². The van der Waals surface area contributed by atoms with Crippen molar-refractivity contribution >= 4 is 0 Å². The lowest BCUT2D eigenvalue weighted by Gasteiger charge is -2.30. The van der Waals surface area contributed by atoms with Crippen LogP contribution in [0.1, 0.15) is 103 Å². The summed E-state index contributed by atoms with van der Waals surface area (Å²) in [6.45, 7) is 9.26. The summed E-state index contributed by atoms with van der Waals surface area (Å²) in [6.07, 6.45) is 13.5. The Balaban J connectivity index is 2.43. The fourth-order valence-corrected chi connectivity index (χ4v) is 3.98. The second-order valence-electron chi connectivity index (χ2n) is 7.71. The predicted octanol–water partition coefficient (Wildman–Crippen LogP) is 7.69. The van der Waals surface area contributed by atoms with E-state index in [0.29, 0.717) is 23.5 Å². The summed E-state index contributed by atoms with van der Waals surface area (Å²) in [7, 11) is 0. The average molecular weight is 333 g/mol. The van der Waals surface area contributed by atoms with E-state index in [-0.39, 0.29) is 0 Å². The van der Waals surface area contributed by atoms with Gasteiger partial charge in [0.1, 0.15) is 5.75 Å². The number of rotatable bonds is 13. The molecule has 0 saturated heterocycles. The SMILES string of the molecule is CCCCCCCCCCC(C)C(c1ccccc1O)C(C)CC. The second kappa shape index (κ2) is 12.4. The Morgan fingerprint density at radius 1 is 0.792 bits per heavy atom. The maximum absolute atomic E-state index is 10.3. The van der Waals surface area contributed by atoms with Crippen molar-refractivity contribution in [3.63, 3.8) is 0 Å². The van der Waals surface area contributed by atoms with Gasteiger partial charge in [0.05, 0.1) is 0 Å². The lowest BCUT2D eigenvalue weighted by Crippen LogP contribution is -2.18. The van der Waals surface area contributed by atoms with Crippen molar-refractivity contribution in [1.29, 1.82) is 0 Å². The van der Waals surface area contributed by atoms with Gasteiger partial charge in [-0.3, -0.25) is 0 Å². The number of para-hydroxylation sites is 1. The number of phenols is 1. The fourth-order valence-electron chi connectivity index (χ4n) is 3.98. The molecule has 0 amide bonds. The van der Waals surface area contributed by atoms with E-state index in [1.54, 1.807) is 0 Å². The van der Waals surface area contributed by atoms with Gasteiger partial charge in [0.2, 0.25) is 0 Å². The zero-order valence-electron chi connectivity index (χ0n) is 16.6. The number of phenolic OH excluding ortho intramolecular Hbond substituents is 1. The average Bonchev–Trinajstić information content (AvgIpc) is 2.59. The maximum Gasteiger partial charge on any atom is 0.119 e. The first-order valence-electron chi connectivity index (χ1n) is 10.4. The summed E-state index contributed by atoms with van der Waals surface area (Å²) in [6, 6.07) is 7.95. The van der Waals surface area contributed by atoms with Crippen LogP contribution in [0, 0.1) is 11.8 Å². The van der Waals surface area contributed by atoms with Crippen LogP contribution in [0.3, 0.4) is 0 Å². The first-order valence-corrected chi connectivity index (χ1v) is 10.4. The Labute approximate surface area is 150 Å². The van der Waals surface area contributed by atoms with Crippen molar-refractivity contribution < 1.29 is 5.11 Å². The molecule has 1 heteroatoms. The van der Waals surface area contributed by atoms with E-state index in [1.165, 1.54) is 64.2 Å². The Hall–Kier alpha value is -0.980. The molecule has 0 radical (unpaired) electrons. The Bertz CT molecular complexity index is 426. The fraction of sp³-hybridized carbons (Fsp3) is 0.739. The van der Waals surface area contributed by atoms with E-state index in [2.05, 4.69) is 39.8 Å². The molecule has 3 atom stereocenters. The van der Waals surface area contributed by atoms with Gasteiger partial charge < -0.3 is 5.11 Å². The van der Waals surface area contributed by atoms with E-state index in [0.717, 1.165) is 5.56 Å². The molecule has 0 heterocycles. The van der Waals surface area contributed by atoms with Crippen LogP contribution in [0.5, 0.6) is 5.75 Å². The van der Waals surface area contributed by atoms with Gasteiger partial charge in [-0.05, 0) is 29.4 Å². The van der Waals surface area contributed by atoms with Crippen LogP contribution in [-0.2, 0) is 0 Å². The molecule has 1 N–H and O–H groups in total. The van der Waals surface area contributed by atoms with Crippen molar-refractivity contribution in [1.82, 2.24) is 0 Å². The van der Waals surface area contributed by atoms with Crippen LogP contribution in [-0.4, -0.2) is 5.11 Å². The van der Waals surface area contributed by atoms with E-state index in [1.807, 2.05) is 12.1 Å². The largest absolute Gasteiger partial charge is 0.508 e. The highest BCUT2D eigenvalue weighted by molar-refractivity contribution is 5.35. The van der Waals surface area contributed by atoms with Gasteiger partial charge in [0.15, 0.2) is 0 Å². The Morgan fingerprint density at radius 2 is 1.38 bits per heavy atom. The van der Waals surface area contributed by atoms with Crippen LogP contribution in [0.2, 0.25) is 0 Å². The molecule has 0 bridgehead atoms. The normalized spacial score (nSPS) is 15.2. The topological polar surface area (TPSA) is 20.2 Å². The molecule has 0 aromatic heterocycles. The first kappa shape index (κ1) is 21.1. The van der Waals surface area contributed by atoms with Crippen molar-refractivity contribution in [2.45, 2.75) is 97.8 Å². The van der Waals surface area contributed by atoms with E-state index in [4.69, 9.17) is 0 Å². The zero-order chi connectivity index (χ0) is 17.8. The summed E-state index contributed by atoms with van der Waals surface area (Å²) in [5.74, 6) is 2.20. The number of hydrogen-bond acceptors (Lipinski definition) is 1. The minimum Gasteiger partial charge on any atom is -0.508 e. The lowest BCUT2D eigenvalue weighted by atomic mass is 9.75. The molecule has 0 aliphatic carbocycles. The molecule has 0 aliphatic heterocycles. The van der Waals surface area contributed by atoms with E-state index < -0.39 is 0 Å². The summed E-state index contributed by atoms with van der Waals surface area (Å²) in [4.78, 5) is 0. The summed E-state index contributed by atoms with van der Waals surface area (Å²) < 4.78 is 0. The predicted molar refractivity (Wildman–Crippen MR) is 107 cm³/mol. The standard InChI is InChI=1S/C23H40O/c1-5-7-8-9-10-11-12-13-16-20(4)23(19(3)6-2)21-17-14-15-18-22(21)24/h14-15,17-20,23-24H,5-13,16H2,1-4H3. The molecule has 0 fully saturated rings. The molecule has 138 valence electrons. The second-order valence-corrected chi connectivity index (χ2v) is 7.71. The van der Waals surface area contributed by atoms with Gasteiger partial charge in [-0.25, -0.2) is 0 Å². The number of hydrogen-bond donors (Lipinski definition) is 1. The van der Waals surface area contributed by atoms with Crippen LogP contribution in [0.15, 0.2) is 24.3 Å². The number of aromatic hydroxyl groups is 1. The van der Waals surface area contributed by atoms with Gasteiger partial charge in [-0.2, -0.15) is 0 Å². The first-order chi connectivity index (χ1) is 11.6. The van der Waals surface area contributed by atoms with Crippen molar-refractivity contribution in [3.05, 3.63) is 29.8 Å². The highest BCUT2D eigenvalue weighted by Crippen LogP contribution is 2.40. The highest BCUT2D eigenvalue weighted by Gasteiger charge is 2.26. The van der Waals surface area contributed by atoms with Crippen LogP contribution < -0.4 is 0 Å². The van der Waals surface area contributed by atoms with E-state index in [9.17, 15) is 5.11 Å². The van der Waals surface area contributed by atoms with E-state index >= 15 is 0 Å². The van der Waals surface area contributed by atoms with Gasteiger partial charge in [-0.1, -0.05) is 110 Å². The third-order valence-electron chi connectivity index (χ3n) is 5.68. The van der Waals surface area contributed by atoms with Gasteiger partial charge in [-0.15, -0.1) is 0 Å². The van der Waals surface area contributed by atoms with Gasteiger partial charge in [0.25, 0.3) is 0 Å². The smallest absolute Gasteiger partial charge is 0.119 e. The zero-order valence-corrected chi connectivity index (χ0v) is 16.6. The molecule has 24 heavy (non-hydrogen) atoms. The quantitative estimate of drug-likeness (QED) is 0.367. The Morgan fingerprint density at radius 3 is 1.96 bits per heavy atom. The molecule has 0 aliphatic rings. The summed E-state index contributed by atoms with van der Waals surface area (Å²) in [5.41, 5.74) is 1.15. The minimum absolute atomic E-state index is 0.473. The molecule has 0 saturated carbocycles. The van der Waals surface area contributed by atoms with Crippen molar-refractivity contribution in [2.75, 3.05) is 0 Å². The molecule has 1 rings (SSSR count). The minimum atomic E-state index is 0.473. The molecule has 1 aromatic carbocycles. The number of unbranched alkanes of at least 4 members (excludes halogenated alkanes) is 7. The van der Waals surface area contributed by atoms with Crippen LogP contribution in [0.25, 0.3) is 0 Å². The molecular formula is C23H40O. The number of benzene rings is 1. The molecular weight excluding hydrogens is 292 g/mol. The molecule has 3 unspecified atom stereocenters. The monoisotopic (exact) mass is 332 g/mol. The third kappa shape index (κ3) is 7.28. The molecule has 0 spiro atoms. The van der Waals surface area contributed by atoms with Crippen LogP contribution >= 0.6 is 0 Å². The van der Waals surface area contributed by atoms with Crippen molar-refractivity contribution in [2.24, 2.45) is 11.8 Å². The third-order valence-corrected chi connectivity index (χ3v) is 5.68. The Kier molecular flexibility index (Phi) is 10.9. The highest BCUT2D eigenvalue weighted by atomic mass is 16.3. The molecule has 1 nitrogen and oxygen atoms in total.